The molecule has 35 heavy (non-hydrogen) atoms. The third kappa shape index (κ3) is 3.77. The number of amides is 1. The summed E-state index contributed by atoms with van der Waals surface area (Å²) < 4.78 is 5.87. The molecule has 1 aliphatic heterocycles. The number of carbonyl (C=O) groups excluding carboxylic acids is 1. The number of hydrogen-bond acceptors (Lipinski definition) is 7. The zero-order valence-corrected chi connectivity index (χ0v) is 18.4. The highest BCUT2D eigenvalue weighted by Crippen LogP contribution is 2.26. The Morgan fingerprint density at radius 3 is 2.77 bits per heavy atom. The summed E-state index contributed by atoms with van der Waals surface area (Å²) in [7, 11) is 0. The molecule has 0 spiro atoms. The fraction of sp³-hybridized carbons (Fsp3) is 0.115. The summed E-state index contributed by atoms with van der Waals surface area (Å²) in [6.45, 7) is 0. The van der Waals surface area contributed by atoms with Crippen LogP contribution in [-0.2, 0) is 4.79 Å². The van der Waals surface area contributed by atoms with Crippen molar-refractivity contribution in [2.75, 3.05) is 10.6 Å². The van der Waals surface area contributed by atoms with Gasteiger partial charge in [0, 0.05) is 27.9 Å². The molecule has 3 N–H and O–H groups in total. The van der Waals surface area contributed by atoms with E-state index >= 15 is 0 Å². The van der Waals surface area contributed by atoms with Crippen molar-refractivity contribution < 1.29 is 9.21 Å². The zero-order valence-electron chi connectivity index (χ0n) is 18.4. The number of para-hydroxylation sites is 1. The normalized spacial score (nSPS) is 18.5. The van der Waals surface area contributed by atoms with E-state index in [9.17, 15) is 10.1 Å². The van der Waals surface area contributed by atoms with Gasteiger partial charge in [-0.2, -0.15) is 5.26 Å². The van der Waals surface area contributed by atoms with Gasteiger partial charge in [0.2, 0.25) is 12.1 Å². The third-order valence-corrected chi connectivity index (χ3v) is 6.03. The number of nitriles is 1. The molecule has 170 valence electrons. The van der Waals surface area contributed by atoms with Gasteiger partial charge in [0.25, 0.3) is 5.91 Å². The number of carbonyl (C=O) groups is 1. The molecule has 6 rings (SSSR count). The minimum Gasteiger partial charge on any atom is -0.407 e. The quantitative estimate of drug-likeness (QED) is 0.427. The average Bonchev–Trinajstić information content (AvgIpc) is 3.50. The first-order valence-corrected chi connectivity index (χ1v) is 11.1. The molecule has 9 heteroatoms. The van der Waals surface area contributed by atoms with Crippen LogP contribution in [-0.4, -0.2) is 33.0 Å². The van der Waals surface area contributed by atoms with E-state index in [-0.39, 0.29) is 17.8 Å². The maximum atomic E-state index is 13.0. The van der Waals surface area contributed by atoms with Gasteiger partial charge < -0.3 is 20.0 Å². The number of anilines is 2. The Labute approximate surface area is 199 Å². The summed E-state index contributed by atoms with van der Waals surface area (Å²) in [5.41, 5.74) is 3.68. The predicted octanol–water partition coefficient (Wildman–Crippen LogP) is 2.25. The second-order valence-electron chi connectivity index (χ2n) is 8.23. The Kier molecular flexibility index (Phi) is 4.96. The van der Waals surface area contributed by atoms with Crippen molar-refractivity contribution in [2.24, 2.45) is 4.99 Å². The molecule has 4 aromatic rings. The Hall–Kier alpha value is -4.97. The maximum absolute atomic E-state index is 13.0. The van der Waals surface area contributed by atoms with Crippen LogP contribution in [0.2, 0.25) is 0 Å². The molecule has 9 nitrogen and oxygen atoms in total. The van der Waals surface area contributed by atoms with E-state index in [1.54, 1.807) is 6.20 Å². The van der Waals surface area contributed by atoms with Gasteiger partial charge in [0.05, 0.1) is 22.9 Å². The highest BCUT2D eigenvalue weighted by molar-refractivity contribution is 6.19. The second kappa shape index (κ2) is 8.43. The van der Waals surface area contributed by atoms with Crippen molar-refractivity contribution >= 4 is 35.5 Å². The smallest absolute Gasteiger partial charge is 0.317 e. The number of benzodiazepines with no additional fused rings is 1. The number of aliphatic imine (C=N–C) groups is 1. The molecule has 2 aromatic carbocycles. The van der Waals surface area contributed by atoms with Gasteiger partial charge in [-0.1, -0.05) is 59.7 Å². The molecule has 2 atom stereocenters. The molecular weight excluding hydrogens is 442 g/mol. The summed E-state index contributed by atoms with van der Waals surface area (Å²) >= 11 is 0. The molecule has 2 aliphatic rings. The molecular formula is C26H19N7O2. The van der Waals surface area contributed by atoms with Crippen LogP contribution in [0.3, 0.4) is 0 Å². The number of nitrogens with one attached hydrogen (secondary N) is 3. The molecule has 0 saturated carbocycles. The number of benzene rings is 2. The number of nitrogens with zero attached hydrogens (tertiary/aromatic N) is 4. The van der Waals surface area contributed by atoms with E-state index in [0.717, 1.165) is 21.7 Å². The summed E-state index contributed by atoms with van der Waals surface area (Å²) in [6.07, 6.45) is 5.29. The van der Waals surface area contributed by atoms with E-state index in [2.05, 4.69) is 31.9 Å². The Balaban J connectivity index is 1.30. The van der Waals surface area contributed by atoms with Gasteiger partial charge in [-0.25, -0.2) is 4.99 Å². The van der Waals surface area contributed by atoms with Crippen LogP contribution in [0.4, 0.5) is 11.7 Å². The van der Waals surface area contributed by atoms with Gasteiger partial charge in [-0.3, -0.25) is 4.79 Å². The van der Waals surface area contributed by atoms with Crippen LogP contribution >= 0.6 is 0 Å². The van der Waals surface area contributed by atoms with Gasteiger partial charge in [0.15, 0.2) is 0 Å². The van der Waals surface area contributed by atoms with Crippen molar-refractivity contribution in [1.29, 1.82) is 5.26 Å². The third-order valence-electron chi connectivity index (χ3n) is 6.03. The maximum Gasteiger partial charge on any atom is 0.317 e. The van der Waals surface area contributed by atoms with Crippen molar-refractivity contribution in [3.63, 3.8) is 0 Å². The highest BCUT2D eigenvalue weighted by Gasteiger charge is 2.27. The molecule has 0 radical (unpaired) electrons. The summed E-state index contributed by atoms with van der Waals surface area (Å²) in [5.74, 6) is -0.0702. The van der Waals surface area contributed by atoms with Crippen LogP contribution < -0.4 is 21.2 Å². The van der Waals surface area contributed by atoms with E-state index in [1.165, 1.54) is 0 Å². The fourth-order valence-corrected chi connectivity index (χ4v) is 4.33. The lowest BCUT2D eigenvalue weighted by molar-refractivity contribution is -0.116. The van der Waals surface area contributed by atoms with Crippen LogP contribution in [0.15, 0.2) is 70.2 Å². The lowest BCUT2D eigenvalue weighted by atomic mass is 9.99. The first-order valence-electron chi connectivity index (χ1n) is 11.1. The molecule has 0 bridgehead atoms. The Bertz CT molecular complexity index is 1630. The highest BCUT2D eigenvalue weighted by atomic mass is 16.4. The SMILES string of the molecule is N#Cc1c[nH]c2c1=CCC(c1nnc(N[C@H]3N=C(c4ccccc4)c4ccccc4NC3=O)o1)C=2. The molecule has 1 aliphatic carbocycles. The minimum absolute atomic E-state index is 0.102. The number of aromatic nitrogens is 3. The molecule has 0 saturated heterocycles. The number of rotatable bonds is 4. The first kappa shape index (κ1) is 20.6. The zero-order chi connectivity index (χ0) is 23.8. The van der Waals surface area contributed by atoms with Gasteiger partial charge in [-0.15, -0.1) is 5.10 Å². The Morgan fingerprint density at radius 1 is 1.09 bits per heavy atom. The van der Waals surface area contributed by atoms with E-state index in [4.69, 9.17) is 9.41 Å². The van der Waals surface area contributed by atoms with Crippen molar-refractivity contribution in [3.8, 4) is 6.07 Å². The largest absolute Gasteiger partial charge is 0.407 e. The van der Waals surface area contributed by atoms with Crippen molar-refractivity contribution in [3.05, 3.63) is 93.9 Å². The van der Waals surface area contributed by atoms with Crippen molar-refractivity contribution in [1.82, 2.24) is 15.2 Å². The monoisotopic (exact) mass is 461 g/mol. The molecule has 3 heterocycles. The summed E-state index contributed by atoms with van der Waals surface area (Å²) in [5, 5.41) is 25.2. The van der Waals surface area contributed by atoms with E-state index in [0.29, 0.717) is 29.3 Å². The first-order chi connectivity index (χ1) is 17.2. The molecule has 1 amide bonds. The fourth-order valence-electron chi connectivity index (χ4n) is 4.33. The van der Waals surface area contributed by atoms with Crippen LogP contribution in [0.25, 0.3) is 12.2 Å². The molecule has 0 fully saturated rings. The van der Waals surface area contributed by atoms with Gasteiger partial charge in [0.1, 0.15) is 6.07 Å². The van der Waals surface area contributed by atoms with Gasteiger partial charge in [-0.05, 0) is 18.6 Å². The average molecular weight is 461 g/mol. The molecule has 1 unspecified atom stereocenters. The minimum atomic E-state index is -0.971. The lowest BCUT2D eigenvalue weighted by Gasteiger charge is -2.11. The number of H-pyrrole nitrogens is 1. The summed E-state index contributed by atoms with van der Waals surface area (Å²) in [4.78, 5) is 20.9. The Morgan fingerprint density at radius 2 is 1.91 bits per heavy atom. The van der Waals surface area contributed by atoms with E-state index in [1.807, 2.05) is 66.7 Å². The van der Waals surface area contributed by atoms with Crippen molar-refractivity contribution in [2.45, 2.75) is 18.5 Å². The topological polar surface area (TPSA) is 132 Å². The number of aromatic amines is 1. The number of hydrogen-bond donors (Lipinski definition) is 3. The standard InChI is InChI=1S/C26H19N7O2/c27-13-17-14-28-21-12-16(10-11-18(17)21)25-32-33-26(35-25)31-23-24(34)29-20-9-5-4-8-19(20)22(30-23)15-6-2-1-3-7-15/h1-9,11-12,14,16,23,28H,10H2,(H,29,34)(H,31,33)/t16?,23-/m1/s1. The second-order valence-corrected chi connectivity index (χ2v) is 8.23. The number of fused-ring (bicyclic) bond motifs is 2. The predicted molar refractivity (Wildman–Crippen MR) is 130 cm³/mol. The summed E-state index contributed by atoms with van der Waals surface area (Å²) in [6, 6.07) is 19.5. The van der Waals surface area contributed by atoms with Crippen LogP contribution in [0, 0.1) is 11.3 Å². The molecule has 2 aromatic heterocycles. The van der Waals surface area contributed by atoms with Gasteiger partial charge >= 0.3 is 6.01 Å². The van der Waals surface area contributed by atoms with Crippen LogP contribution in [0.5, 0.6) is 0 Å². The lowest BCUT2D eigenvalue weighted by Crippen LogP contribution is -2.32. The van der Waals surface area contributed by atoms with Crippen LogP contribution in [0.1, 0.15) is 34.9 Å². The van der Waals surface area contributed by atoms with E-state index < -0.39 is 6.17 Å².